The highest BCUT2D eigenvalue weighted by Gasteiger charge is 2.14. The number of hydrogen-bond donors (Lipinski definition) is 1. The summed E-state index contributed by atoms with van der Waals surface area (Å²) in [6, 6.07) is 5.90. The molecular weight excluding hydrogens is 212 g/mol. The third kappa shape index (κ3) is 1.92. The van der Waals surface area contributed by atoms with Gasteiger partial charge in [0, 0.05) is 24.8 Å². The predicted molar refractivity (Wildman–Crippen MR) is 62.2 cm³/mol. The summed E-state index contributed by atoms with van der Waals surface area (Å²) in [7, 11) is 2.08. The van der Waals surface area contributed by atoms with Gasteiger partial charge in [0.15, 0.2) is 5.17 Å². The second-order valence-electron chi connectivity index (χ2n) is 3.76. The molecule has 0 amide bonds. The summed E-state index contributed by atoms with van der Waals surface area (Å²) < 4.78 is 0. The number of halogens is 1. The number of benzene rings is 1. The van der Waals surface area contributed by atoms with Crippen LogP contribution in [0.2, 0.25) is 0 Å². The van der Waals surface area contributed by atoms with Crippen molar-refractivity contribution in [3.05, 3.63) is 29.3 Å². The molecule has 0 saturated heterocycles. The van der Waals surface area contributed by atoms with E-state index in [1.165, 1.54) is 11.3 Å². The Labute approximate surface area is 94.0 Å². The van der Waals surface area contributed by atoms with Gasteiger partial charge in [-0.3, -0.25) is 0 Å². The lowest BCUT2D eigenvalue weighted by molar-refractivity contribution is 0.321. The van der Waals surface area contributed by atoms with Gasteiger partial charge < -0.3 is 10.1 Å². The van der Waals surface area contributed by atoms with Crippen molar-refractivity contribution in [2.75, 3.05) is 18.5 Å². The average Bonchev–Trinajstić information content (AvgIpc) is 2.28. The van der Waals surface area contributed by atoms with Crippen molar-refractivity contribution in [2.24, 2.45) is 5.16 Å². The smallest absolute Gasteiger partial charge is 0.175 e. The first kappa shape index (κ1) is 10.3. The Morgan fingerprint density at radius 3 is 3.07 bits per heavy atom. The van der Waals surface area contributed by atoms with Crippen molar-refractivity contribution < 1.29 is 5.21 Å². The zero-order valence-electron chi connectivity index (χ0n) is 8.57. The van der Waals surface area contributed by atoms with Crippen LogP contribution in [0, 0.1) is 0 Å². The van der Waals surface area contributed by atoms with Gasteiger partial charge in [0.25, 0.3) is 0 Å². The minimum atomic E-state index is 0.144. The fourth-order valence-electron chi connectivity index (χ4n) is 1.97. The van der Waals surface area contributed by atoms with Crippen molar-refractivity contribution in [1.29, 1.82) is 0 Å². The summed E-state index contributed by atoms with van der Waals surface area (Å²) in [6.07, 6.45) is 2.21. The van der Waals surface area contributed by atoms with E-state index in [9.17, 15) is 0 Å². The van der Waals surface area contributed by atoms with E-state index in [1.807, 2.05) is 18.2 Å². The molecule has 1 aliphatic rings. The summed E-state index contributed by atoms with van der Waals surface area (Å²) in [5, 5.41) is 11.7. The van der Waals surface area contributed by atoms with Gasteiger partial charge in [-0.1, -0.05) is 16.8 Å². The summed E-state index contributed by atoms with van der Waals surface area (Å²) >= 11 is 5.76. The Hall–Kier alpha value is -1.22. The Balaban J connectivity index is 2.42. The lowest BCUT2D eigenvalue weighted by atomic mass is 10.00. The number of fused-ring (bicyclic) bond motifs is 1. The van der Waals surface area contributed by atoms with Gasteiger partial charge in [-0.05, 0) is 36.6 Å². The fourth-order valence-corrected chi connectivity index (χ4v) is 2.09. The highest BCUT2D eigenvalue weighted by atomic mass is 35.5. The second-order valence-corrected chi connectivity index (χ2v) is 4.12. The molecule has 1 aromatic carbocycles. The summed E-state index contributed by atoms with van der Waals surface area (Å²) in [6.45, 7) is 1.09. The molecule has 0 spiro atoms. The minimum absolute atomic E-state index is 0.144. The fraction of sp³-hybridized carbons (Fsp3) is 0.364. The number of rotatable bonds is 1. The Morgan fingerprint density at radius 1 is 1.53 bits per heavy atom. The maximum absolute atomic E-state index is 8.59. The average molecular weight is 225 g/mol. The van der Waals surface area contributed by atoms with Crippen LogP contribution in [0.3, 0.4) is 0 Å². The molecule has 0 aliphatic carbocycles. The van der Waals surface area contributed by atoms with Crippen LogP contribution >= 0.6 is 11.6 Å². The van der Waals surface area contributed by atoms with Gasteiger partial charge in [0.05, 0.1) is 0 Å². The first-order chi connectivity index (χ1) is 7.22. The van der Waals surface area contributed by atoms with Crippen LogP contribution in [0.25, 0.3) is 0 Å². The summed E-state index contributed by atoms with van der Waals surface area (Å²) in [5.74, 6) is 0. The highest BCUT2D eigenvalue weighted by molar-refractivity contribution is 6.69. The van der Waals surface area contributed by atoms with Crippen LogP contribution in [0.1, 0.15) is 17.5 Å². The maximum atomic E-state index is 8.59. The number of aryl methyl sites for hydroxylation is 1. The zero-order valence-corrected chi connectivity index (χ0v) is 9.33. The van der Waals surface area contributed by atoms with E-state index < -0.39 is 0 Å². The molecule has 3 nitrogen and oxygen atoms in total. The second kappa shape index (κ2) is 4.11. The molecule has 0 unspecified atom stereocenters. The Kier molecular flexibility index (Phi) is 2.82. The van der Waals surface area contributed by atoms with Crippen LogP contribution in [0.15, 0.2) is 23.4 Å². The maximum Gasteiger partial charge on any atom is 0.175 e. The van der Waals surface area contributed by atoms with Crippen molar-refractivity contribution in [2.45, 2.75) is 12.8 Å². The van der Waals surface area contributed by atoms with Crippen molar-refractivity contribution in [1.82, 2.24) is 0 Å². The molecule has 15 heavy (non-hydrogen) atoms. The number of anilines is 1. The van der Waals surface area contributed by atoms with Crippen LogP contribution in [0.5, 0.6) is 0 Å². The van der Waals surface area contributed by atoms with E-state index in [-0.39, 0.29) is 5.17 Å². The lowest BCUT2D eigenvalue weighted by Gasteiger charge is -2.27. The third-order valence-electron chi connectivity index (χ3n) is 2.76. The molecule has 1 N–H and O–H groups in total. The molecule has 0 saturated carbocycles. The molecule has 1 heterocycles. The van der Waals surface area contributed by atoms with Crippen LogP contribution < -0.4 is 4.90 Å². The molecule has 0 radical (unpaired) electrons. The van der Waals surface area contributed by atoms with Crippen molar-refractivity contribution >= 4 is 22.5 Å². The molecule has 0 atom stereocenters. The van der Waals surface area contributed by atoms with Crippen LogP contribution in [-0.4, -0.2) is 24.0 Å². The van der Waals surface area contributed by atoms with E-state index in [4.69, 9.17) is 16.8 Å². The minimum Gasteiger partial charge on any atom is -0.410 e. The third-order valence-corrected chi connectivity index (χ3v) is 3.05. The first-order valence-corrected chi connectivity index (χ1v) is 5.32. The van der Waals surface area contributed by atoms with Crippen LogP contribution in [0.4, 0.5) is 5.69 Å². The zero-order chi connectivity index (χ0) is 10.8. The topological polar surface area (TPSA) is 35.8 Å². The molecule has 0 fully saturated rings. The number of hydrogen-bond acceptors (Lipinski definition) is 3. The molecule has 1 aliphatic heterocycles. The predicted octanol–water partition coefficient (Wildman–Crippen LogP) is 2.44. The van der Waals surface area contributed by atoms with Gasteiger partial charge in [-0.25, -0.2) is 0 Å². The molecule has 1 aromatic rings. The standard InChI is InChI=1S/C11H13ClN2O/c1-14-6-2-3-8-7-9(11(12)13-15)4-5-10(8)14/h4-5,7,15H,2-3,6H2,1H3/b13-11-. The molecule has 4 heteroatoms. The molecule has 0 bridgehead atoms. The molecule has 0 aromatic heterocycles. The Bertz CT molecular complexity index is 404. The number of oxime groups is 1. The van der Waals surface area contributed by atoms with Gasteiger partial charge in [0.1, 0.15) is 0 Å². The van der Waals surface area contributed by atoms with Gasteiger partial charge in [-0.15, -0.1) is 0 Å². The summed E-state index contributed by atoms with van der Waals surface area (Å²) in [5.41, 5.74) is 3.28. The number of nitrogens with zero attached hydrogens (tertiary/aromatic N) is 2. The SMILES string of the molecule is CN1CCCc2cc(/C(Cl)=N/O)ccc21. The van der Waals surface area contributed by atoms with E-state index in [0.29, 0.717) is 0 Å². The monoisotopic (exact) mass is 224 g/mol. The van der Waals surface area contributed by atoms with Gasteiger partial charge in [-0.2, -0.15) is 0 Å². The van der Waals surface area contributed by atoms with Crippen molar-refractivity contribution in [3.63, 3.8) is 0 Å². The largest absolute Gasteiger partial charge is 0.410 e. The van der Waals surface area contributed by atoms with Gasteiger partial charge in [0.2, 0.25) is 0 Å². The van der Waals surface area contributed by atoms with Gasteiger partial charge >= 0.3 is 0 Å². The highest BCUT2D eigenvalue weighted by Crippen LogP contribution is 2.27. The first-order valence-electron chi connectivity index (χ1n) is 4.94. The van der Waals surface area contributed by atoms with Crippen LogP contribution in [-0.2, 0) is 6.42 Å². The lowest BCUT2D eigenvalue weighted by Crippen LogP contribution is -2.24. The van der Waals surface area contributed by atoms with Crippen molar-refractivity contribution in [3.8, 4) is 0 Å². The molecular formula is C11H13ClN2O. The molecule has 2 rings (SSSR count). The van der Waals surface area contributed by atoms with E-state index in [0.717, 1.165) is 24.9 Å². The normalized spacial score (nSPS) is 16.4. The summed E-state index contributed by atoms with van der Waals surface area (Å²) in [4.78, 5) is 2.23. The van der Waals surface area contributed by atoms with E-state index in [1.54, 1.807) is 0 Å². The van der Waals surface area contributed by atoms with E-state index in [2.05, 4.69) is 17.1 Å². The Morgan fingerprint density at radius 2 is 2.33 bits per heavy atom. The molecule has 80 valence electrons. The van der Waals surface area contributed by atoms with E-state index >= 15 is 0 Å². The quantitative estimate of drug-likeness (QED) is 0.452.